The molecule has 1 heterocycles. The molecule has 2 aromatic rings. The predicted molar refractivity (Wildman–Crippen MR) is 93.2 cm³/mol. The van der Waals surface area contributed by atoms with Gasteiger partial charge in [-0.05, 0) is 38.5 Å². The summed E-state index contributed by atoms with van der Waals surface area (Å²) in [6.45, 7) is 5.87. The zero-order valence-electron chi connectivity index (χ0n) is 13.9. The largest absolute Gasteiger partial charge is 0.351 e. The van der Waals surface area contributed by atoms with Crippen LogP contribution in [0.25, 0.3) is 0 Å². The van der Waals surface area contributed by atoms with Gasteiger partial charge in [-0.1, -0.05) is 24.3 Å². The Morgan fingerprint density at radius 3 is 2.58 bits per heavy atom. The van der Waals surface area contributed by atoms with Gasteiger partial charge < -0.3 is 10.2 Å². The number of carbonyl (C=O) groups excluding carboxylic acids is 1. The minimum absolute atomic E-state index is 0.0933. The van der Waals surface area contributed by atoms with E-state index in [4.69, 9.17) is 0 Å². The van der Waals surface area contributed by atoms with E-state index < -0.39 is 5.54 Å². The van der Waals surface area contributed by atoms with E-state index >= 15 is 0 Å². The van der Waals surface area contributed by atoms with Crippen molar-refractivity contribution in [2.75, 3.05) is 10.2 Å². The molecule has 0 saturated carbocycles. The van der Waals surface area contributed by atoms with Crippen LogP contribution in [-0.4, -0.2) is 16.4 Å². The van der Waals surface area contributed by atoms with Gasteiger partial charge in [-0.25, -0.2) is 0 Å². The molecule has 1 amide bonds. The molecule has 6 heteroatoms. The van der Waals surface area contributed by atoms with E-state index in [2.05, 4.69) is 5.32 Å². The molecule has 24 heavy (non-hydrogen) atoms. The van der Waals surface area contributed by atoms with Gasteiger partial charge in [0.15, 0.2) is 0 Å². The zero-order valence-corrected chi connectivity index (χ0v) is 13.9. The van der Waals surface area contributed by atoms with Crippen molar-refractivity contribution in [2.24, 2.45) is 0 Å². The molecule has 0 unspecified atom stereocenters. The highest BCUT2D eigenvalue weighted by Gasteiger charge is 2.40. The van der Waals surface area contributed by atoms with E-state index in [1.54, 1.807) is 13.0 Å². The number of anilines is 2. The Bertz CT molecular complexity index is 830. The van der Waals surface area contributed by atoms with Gasteiger partial charge >= 0.3 is 0 Å². The van der Waals surface area contributed by atoms with E-state index in [1.807, 2.05) is 49.1 Å². The van der Waals surface area contributed by atoms with Gasteiger partial charge in [-0.2, -0.15) is 0 Å². The Labute approximate surface area is 140 Å². The van der Waals surface area contributed by atoms with Crippen molar-refractivity contribution < 1.29 is 9.72 Å². The van der Waals surface area contributed by atoms with Crippen LogP contribution in [0.1, 0.15) is 25.0 Å². The summed E-state index contributed by atoms with van der Waals surface area (Å²) in [6.07, 6.45) is 0. The monoisotopic (exact) mass is 325 g/mol. The van der Waals surface area contributed by atoms with Gasteiger partial charge in [0.1, 0.15) is 5.54 Å². The number of nitro groups is 1. The van der Waals surface area contributed by atoms with Crippen LogP contribution in [0.5, 0.6) is 0 Å². The van der Waals surface area contributed by atoms with E-state index in [1.165, 1.54) is 6.07 Å². The first-order valence-electron chi connectivity index (χ1n) is 7.73. The fourth-order valence-electron chi connectivity index (χ4n) is 3.01. The minimum atomic E-state index is -0.759. The second kappa shape index (κ2) is 5.63. The van der Waals surface area contributed by atoms with Crippen molar-refractivity contribution in [3.05, 3.63) is 63.7 Å². The fraction of sp³-hybridized carbons (Fsp3) is 0.278. The highest BCUT2D eigenvalue weighted by atomic mass is 16.6. The number of rotatable bonds is 3. The molecule has 0 saturated heterocycles. The van der Waals surface area contributed by atoms with Crippen LogP contribution in [-0.2, 0) is 11.3 Å². The highest BCUT2D eigenvalue weighted by molar-refractivity contribution is 6.06. The number of carbonyl (C=O) groups is 1. The smallest absolute Gasteiger partial charge is 0.272 e. The summed E-state index contributed by atoms with van der Waals surface area (Å²) < 4.78 is 0. The molecule has 1 N–H and O–H groups in total. The first-order valence-corrected chi connectivity index (χ1v) is 7.73. The lowest BCUT2D eigenvalue weighted by atomic mass is 9.94. The standard InChI is InChI=1S/C18H19N3O3/c1-12-13(7-6-10-15(12)21(23)24)11-20-16-9-5-4-8-14(16)19-17(22)18(20,2)3/h4-10H,11H2,1-3H3,(H,19,22). The van der Waals surface area contributed by atoms with Crippen molar-refractivity contribution in [3.63, 3.8) is 0 Å². The van der Waals surface area contributed by atoms with Gasteiger partial charge in [-0.15, -0.1) is 0 Å². The number of fused-ring (bicyclic) bond motifs is 1. The summed E-state index contributed by atoms with van der Waals surface area (Å²) in [6, 6.07) is 12.6. The van der Waals surface area contributed by atoms with Crippen LogP contribution in [0.4, 0.5) is 17.1 Å². The lowest BCUT2D eigenvalue weighted by Gasteiger charge is -2.44. The van der Waals surface area contributed by atoms with E-state index in [-0.39, 0.29) is 16.5 Å². The maximum Gasteiger partial charge on any atom is 0.272 e. The highest BCUT2D eigenvalue weighted by Crippen LogP contribution is 2.38. The normalized spacial score (nSPS) is 15.6. The molecular formula is C18H19N3O3. The van der Waals surface area contributed by atoms with Gasteiger partial charge in [0.2, 0.25) is 5.91 Å². The van der Waals surface area contributed by atoms with Crippen LogP contribution < -0.4 is 10.2 Å². The Morgan fingerprint density at radius 1 is 1.17 bits per heavy atom. The van der Waals surface area contributed by atoms with E-state index in [0.717, 1.165) is 16.9 Å². The predicted octanol–water partition coefficient (Wildman–Crippen LogP) is 3.64. The first kappa shape index (κ1) is 16.0. The molecule has 0 aliphatic carbocycles. The summed E-state index contributed by atoms with van der Waals surface area (Å²) in [7, 11) is 0. The molecule has 1 aliphatic heterocycles. The van der Waals surface area contributed by atoms with Crippen LogP contribution in [0.2, 0.25) is 0 Å². The molecule has 3 rings (SSSR count). The lowest BCUT2D eigenvalue weighted by Crippen LogP contribution is -2.55. The Balaban J connectivity index is 2.07. The van der Waals surface area contributed by atoms with Crippen molar-refractivity contribution in [1.82, 2.24) is 0 Å². The zero-order chi connectivity index (χ0) is 17.5. The third-order valence-electron chi connectivity index (χ3n) is 4.62. The summed E-state index contributed by atoms with van der Waals surface area (Å²) >= 11 is 0. The molecule has 0 atom stereocenters. The molecule has 6 nitrogen and oxygen atoms in total. The van der Waals surface area contributed by atoms with Gasteiger partial charge in [0.05, 0.1) is 16.3 Å². The van der Waals surface area contributed by atoms with Gasteiger partial charge in [0.25, 0.3) is 5.69 Å². The SMILES string of the molecule is Cc1c(CN2c3ccccc3NC(=O)C2(C)C)cccc1[N+](=O)[O-]. The van der Waals surface area contributed by atoms with E-state index in [0.29, 0.717) is 12.1 Å². The van der Waals surface area contributed by atoms with Gasteiger partial charge in [-0.3, -0.25) is 14.9 Å². The Kier molecular flexibility index (Phi) is 3.75. The maximum atomic E-state index is 12.5. The molecule has 0 aromatic heterocycles. The molecular weight excluding hydrogens is 306 g/mol. The lowest BCUT2D eigenvalue weighted by molar-refractivity contribution is -0.385. The summed E-state index contributed by atoms with van der Waals surface area (Å²) in [5.41, 5.74) is 2.47. The summed E-state index contributed by atoms with van der Waals surface area (Å²) in [4.78, 5) is 25.3. The second-order valence-electron chi connectivity index (χ2n) is 6.43. The third-order valence-corrected chi connectivity index (χ3v) is 4.62. The molecule has 0 spiro atoms. The number of benzene rings is 2. The molecule has 1 aliphatic rings. The molecule has 2 aromatic carbocycles. The number of amides is 1. The molecule has 0 fully saturated rings. The third kappa shape index (κ3) is 2.50. The first-order chi connectivity index (χ1) is 11.3. The average Bonchev–Trinajstić information content (AvgIpc) is 2.53. The van der Waals surface area contributed by atoms with Crippen LogP contribution in [0.15, 0.2) is 42.5 Å². The number of para-hydroxylation sites is 2. The minimum Gasteiger partial charge on any atom is -0.351 e. The van der Waals surface area contributed by atoms with Crippen LogP contribution in [0, 0.1) is 17.0 Å². The van der Waals surface area contributed by atoms with E-state index in [9.17, 15) is 14.9 Å². The summed E-state index contributed by atoms with van der Waals surface area (Å²) in [5, 5.41) is 14.1. The molecule has 0 bridgehead atoms. The quantitative estimate of drug-likeness (QED) is 0.690. The molecule has 0 radical (unpaired) electrons. The Morgan fingerprint density at radius 2 is 1.88 bits per heavy atom. The Hall–Kier alpha value is -2.89. The topological polar surface area (TPSA) is 75.5 Å². The fourth-order valence-corrected chi connectivity index (χ4v) is 3.01. The number of hydrogen-bond acceptors (Lipinski definition) is 4. The maximum absolute atomic E-state index is 12.5. The van der Waals surface area contributed by atoms with Crippen molar-refractivity contribution >= 4 is 23.0 Å². The van der Waals surface area contributed by atoms with Crippen molar-refractivity contribution in [2.45, 2.75) is 32.9 Å². The van der Waals surface area contributed by atoms with Crippen LogP contribution >= 0.6 is 0 Å². The number of nitrogens with zero attached hydrogens (tertiary/aromatic N) is 2. The number of nitrogens with one attached hydrogen (secondary N) is 1. The number of hydrogen-bond donors (Lipinski definition) is 1. The average molecular weight is 325 g/mol. The summed E-state index contributed by atoms with van der Waals surface area (Å²) in [5.74, 6) is -0.0933. The van der Waals surface area contributed by atoms with Crippen LogP contribution in [0.3, 0.4) is 0 Å². The number of nitro benzene ring substituents is 1. The van der Waals surface area contributed by atoms with Crippen molar-refractivity contribution in [1.29, 1.82) is 0 Å². The van der Waals surface area contributed by atoms with Gasteiger partial charge in [0, 0.05) is 18.2 Å². The van der Waals surface area contributed by atoms with Crippen molar-refractivity contribution in [3.8, 4) is 0 Å². The second-order valence-corrected chi connectivity index (χ2v) is 6.43. The molecule has 124 valence electrons.